The normalized spacial score (nSPS) is 10.3. The molecule has 0 aliphatic carbocycles. The van der Waals surface area contributed by atoms with E-state index >= 15 is 0 Å². The van der Waals surface area contributed by atoms with E-state index in [1.807, 2.05) is 0 Å². The highest BCUT2D eigenvalue weighted by molar-refractivity contribution is 6.35. The summed E-state index contributed by atoms with van der Waals surface area (Å²) in [5, 5.41) is 0.829. The number of ether oxygens (including phenoxy) is 1. The summed E-state index contributed by atoms with van der Waals surface area (Å²) in [6.45, 7) is 0. The Morgan fingerprint density at radius 3 is 2.47 bits per heavy atom. The second kappa shape index (κ2) is 4.82. The molecule has 0 radical (unpaired) electrons. The molecule has 2 N–H and O–H groups in total. The van der Waals surface area contributed by atoms with Gasteiger partial charge in [-0.25, -0.2) is 4.39 Å². The van der Waals surface area contributed by atoms with Crippen molar-refractivity contribution >= 4 is 28.9 Å². The topological polar surface area (TPSA) is 35.2 Å². The molecule has 2 nitrogen and oxygen atoms in total. The van der Waals surface area contributed by atoms with Crippen molar-refractivity contribution < 1.29 is 9.13 Å². The van der Waals surface area contributed by atoms with Gasteiger partial charge in [-0.05, 0) is 30.3 Å². The van der Waals surface area contributed by atoms with Crippen LogP contribution in [-0.4, -0.2) is 0 Å². The average Bonchev–Trinajstić information content (AvgIpc) is 2.27. The minimum absolute atomic E-state index is 0.217. The minimum Gasteiger partial charge on any atom is -0.454 e. The predicted molar refractivity (Wildman–Crippen MR) is 67.3 cm³/mol. The molecule has 2 rings (SSSR count). The molecular formula is C12H8Cl2FNO. The molecule has 0 fully saturated rings. The molecule has 0 heterocycles. The molecule has 88 valence electrons. The van der Waals surface area contributed by atoms with Gasteiger partial charge in [0, 0.05) is 11.1 Å². The zero-order chi connectivity index (χ0) is 12.4. The summed E-state index contributed by atoms with van der Waals surface area (Å²) in [6.07, 6.45) is 0. The van der Waals surface area contributed by atoms with Crippen LogP contribution < -0.4 is 10.5 Å². The summed E-state index contributed by atoms with van der Waals surface area (Å²) < 4.78 is 18.4. The lowest BCUT2D eigenvalue weighted by Gasteiger charge is -2.09. The fourth-order valence-electron chi connectivity index (χ4n) is 1.27. The number of anilines is 1. The van der Waals surface area contributed by atoms with Gasteiger partial charge in [0.15, 0.2) is 5.75 Å². The average molecular weight is 272 g/mol. The third-order valence-electron chi connectivity index (χ3n) is 2.09. The molecule has 0 aliphatic rings. The van der Waals surface area contributed by atoms with Crippen LogP contribution in [0.15, 0.2) is 36.4 Å². The Bertz CT molecular complexity index is 560. The van der Waals surface area contributed by atoms with Crippen molar-refractivity contribution in [2.45, 2.75) is 0 Å². The summed E-state index contributed by atoms with van der Waals surface area (Å²) in [7, 11) is 0. The van der Waals surface area contributed by atoms with Gasteiger partial charge >= 0.3 is 0 Å². The number of nitrogen functional groups attached to an aromatic ring is 1. The summed E-state index contributed by atoms with van der Waals surface area (Å²) in [5.41, 5.74) is 5.99. The number of benzene rings is 2. The summed E-state index contributed by atoms with van der Waals surface area (Å²) in [4.78, 5) is 0. The standard InChI is InChI=1S/C12H8Cl2FNO/c13-7-1-4-11(9(14)5-7)17-12-6-8(15)2-3-10(12)16/h1-6H,16H2. The van der Waals surface area contributed by atoms with Crippen LogP contribution in [0.2, 0.25) is 10.0 Å². The summed E-state index contributed by atoms with van der Waals surface area (Å²) in [6, 6.07) is 8.63. The van der Waals surface area contributed by atoms with E-state index in [9.17, 15) is 4.39 Å². The molecule has 0 unspecified atom stereocenters. The third kappa shape index (κ3) is 2.81. The fraction of sp³-hybridized carbons (Fsp3) is 0. The molecule has 0 amide bonds. The van der Waals surface area contributed by atoms with Gasteiger partial charge in [0.25, 0.3) is 0 Å². The molecule has 0 atom stereocenters. The van der Waals surface area contributed by atoms with E-state index in [1.54, 1.807) is 12.1 Å². The fourth-order valence-corrected chi connectivity index (χ4v) is 1.72. The van der Waals surface area contributed by atoms with Gasteiger partial charge < -0.3 is 10.5 Å². The summed E-state index contributed by atoms with van der Waals surface area (Å²) >= 11 is 11.7. The van der Waals surface area contributed by atoms with Crippen molar-refractivity contribution in [2.75, 3.05) is 5.73 Å². The first-order valence-electron chi connectivity index (χ1n) is 4.74. The molecule has 17 heavy (non-hydrogen) atoms. The predicted octanol–water partition coefficient (Wildman–Crippen LogP) is 4.51. The first-order valence-corrected chi connectivity index (χ1v) is 5.50. The second-order valence-corrected chi connectivity index (χ2v) is 4.20. The van der Waals surface area contributed by atoms with Gasteiger partial charge in [-0.3, -0.25) is 0 Å². The minimum atomic E-state index is -0.431. The van der Waals surface area contributed by atoms with Gasteiger partial charge in [-0.2, -0.15) is 0 Å². The van der Waals surface area contributed by atoms with Crippen LogP contribution in [0.4, 0.5) is 10.1 Å². The van der Waals surface area contributed by atoms with Gasteiger partial charge in [-0.15, -0.1) is 0 Å². The monoisotopic (exact) mass is 271 g/mol. The third-order valence-corrected chi connectivity index (χ3v) is 2.62. The van der Waals surface area contributed by atoms with E-state index < -0.39 is 5.82 Å². The summed E-state index contributed by atoms with van der Waals surface area (Å²) in [5.74, 6) is 0.155. The molecule has 0 aromatic heterocycles. The van der Waals surface area contributed by atoms with Crippen LogP contribution in [0.25, 0.3) is 0 Å². The number of hydrogen-bond acceptors (Lipinski definition) is 2. The maximum absolute atomic E-state index is 13.0. The lowest BCUT2D eigenvalue weighted by atomic mass is 10.3. The maximum atomic E-state index is 13.0. The Morgan fingerprint density at radius 2 is 1.76 bits per heavy atom. The van der Waals surface area contributed by atoms with Crippen molar-refractivity contribution in [3.8, 4) is 11.5 Å². The lowest BCUT2D eigenvalue weighted by Crippen LogP contribution is -1.93. The Balaban J connectivity index is 2.34. The van der Waals surface area contributed by atoms with Crippen LogP contribution in [0.3, 0.4) is 0 Å². The van der Waals surface area contributed by atoms with Crippen LogP contribution >= 0.6 is 23.2 Å². The Morgan fingerprint density at radius 1 is 1.00 bits per heavy atom. The molecule has 0 saturated heterocycles. The molecule has 0 spiro atoms. The van der Waals surface area contributed by atoms with E-state index in [4.69, 9.17) is 33.7 Å². The second-order valence-electron chi connectivity index (χ2n) is 3.36. The highest BCUT2D eigenvalue weighted by atomic mass is 35.5. The molecule has 0 aliphatic heterocycles. The van der Waals surface area contributed by atoms with E-state index in [-0.39, 0.29) is 5.75 Å². The van der Waals surface area contributed by atoms with Crippen LogP contribution in [0, 0.1) is 5.82 Å². The molecule has 0 bridgehead atoms. The highest BCUT2D eigenvalue weighted by Gasteiger charge is 2.07. The van der Waals surface area contributed by atoms with E-state index in [1.165, 1.54) is 24.3 Å². The van der Waals surface area contributed by atoms with E-state index in [2.05, 4.69) is 0 Å². The largest absolute Gasteiger partial charge is 0.454 e. The quantitative estimate of drug-likeness (QED) is 0.816. The molecule has 2 aromatic carbocycles. The smallest absolute Gasteiger partial charge is 0.153 e. The number of hydrogen-bond donors (Lipinski definition) is 1. The van der Waals surface area contributed by atoms with Crippen molar-refractivity contribution in [3.63, 3.8) is 0 Å². The van der Waals surface area contributed by atoms with E-state index in [0.717, 1.165) is 0 Å². The highest BCUT2D eigenvalue weighted by Crippen LogP contribution is 2.34. The first-order chi connectivity index (χ1) is 8.06. The molecule has 5 heteroatoms. The zero-order valence-corrected chi connectivity index (χ0v) is 10.1. The van der Waals surface area contributed by atoms with E-state index in [0.29, 0.717) is 21.5 Å². The van der Waals surface area contributed by atoms with Gasteiger partial charge in [0.2, 0.25) is 0 Å². The number of halogens is 3. The van der Waals surface area contributed by atoms with Crippen LogP contribution in [0.5, 0.6) is 11.5 Å². The van der Waals surface area contributed by atoms with Crippen LogP contribution in [-0.2, 0) is 0 Å². The molecule has 2 aromatic rings. The van der Waals surface area contributed by atoms with Gasteiger partial charge in [-0.1, -0.05) is 23.2 Å². The Kier molecular flexibility index (Phi) is 3.41. The molecular weight excluding hydrogens is 264 g/mol. The van der Waals surface area contributed by atoms with Crippen molar-refractivity contribution in [2.24, 2.45) is 0 Å². The maximum Gasteiger partial charge on any atom is 0.153 e. The van der Waals surface area contributed by atoms with Crippen molar-refractivity contribution in [1.82, 2.24) is 0 Å². The Hall–Kier alpha value is -1.45. The Labute approximate surface area is 108 Å². The first kappa shape index (κ1) is 12.0. The van der Waals surface area contributed by atoms with Gasteiger partial charge in [0.05, 0.1) is 10.7 Å². The van der Waals surface area contributed by atoms with Gasteiger partial charge in [0.1, 0.15) is 11.6 Å². The SMILES string of the molecule is Nc1ccc(F)cc1Oc1ccc(Cl)cc1Cl. The van der Waals surface area contributed by atoms with Crippen LogP contribution in [0.1, 0.15) is 0 Å². The van der Waals surface area contributed by atoms with Crippen molar-refractivity contribution in [1.29, 1.82) is 0 Å². The molecule has 0 saturated carbocycles. The zero-order valence-electron chi connectivity index (χ0n) is 8.58. The lowest BCUT2D eigenvalue weighted by molar-refractivity contribution is 0.479. The number of rotatable bonds is 2. The number of nitrogens with two attached hydrogens (primary N) is 1. The van der Waals surface area contributed by atoms with Crippen molar-refractivity contribution in [3.05, 3.63) is 52.3 Å².